The Bertz CT molecular complexity index is 1140. The molecule has 1 aromatic carbocycles. The molecule has 3 saturated heterocycles. The van der Waals surface area contributed by atoms with Crippen molar-refractivity contribution < 1.29 is 31.5 Å². The van der Waals surface area contributed by atoms with Gasteiger partial charge in [0, 0.05) is 37.3 Å². The zero-order valence-corrected chi connectivity index (χ0v) is 22.0. The Labute approximate surface area is 216 Å². The van der Waals surface area contributed by atoms with Gasteiger partial charge in [0.1, 0.15) is 17.2 Å². The fraction of sp³-hybridized carbons (Fsp3) is 0.731. The summed E-state index contributed by atoms with van der Waals surface area (Å²) < 4.78 is 69.3. The molecule has 2 unspecified atom stereocenters. The third-order valence-electron chi connectivity index (χ3n) is 8.71. The number of rotatable bonds is 8. The topological polar surface area (TPSA) is 79.4 Å². The highest BCUT2D eigenvalue weighted by atomic mass is 32.2. The Morgan fingerprint density at radius 2 is 1.84 bits per heavy atom. The van der Waals surface area contributed by atoms with Gasteiger partial charge < -0.3 is 14.4 Å². The summed E-state index contributed by atoms with van der Waals surface area (Å²) in [5.74, 6) is -1.50. The summed E-state index contributed by atoms with van der Waals surface area (Å²) in [5.41, 5.74) is -0.997. The summed E-state index contributed by atoms with van der Waals surface area (Å²) in [4.78, 5) is 17.2. The second-order valence-corrected chi connectivity index (χ2v) is 13.3. The van der Waals surface area contributed by atoms with E-state index in [1.54, 1.807) is 4.90 Å². The van der Waals surface area contributed by atoms with Crippen LogP contribution >= 0.6 is 0 Å². The number of ether oxygens (including phenoxy) is 2. The maximum atomic E-state index is 14.1. The molecule has 0 radical (unpaired) electrons. The minimum absolute atomic E-state index is 0.0712. The largest absolute Gasteiger partial charge is 0.441 e. The molecule has 0 spiro atoms. The van der Waals surface area contributed by atoms with E-state index in [1.165, 1.54) is 4.31 Å². The Hall–Kier alpha value is -1.82. The molecule has 5 fully saturated rings. The lowest BCUT2D eigenvalue weighted by Gasteiger charge is -2.44. The molecule has 11 heteroatoms. The highest BCUT2D eigenvalue weighted by Crippen LogP contribution is 2.49. The molecule has 1 amide bonds. The second-order valence-electron chi connectivity index (χ2n) is 11.4. The predicted molar refractivity (Wildman–Crippen MR) is 130 cm³/mol. The predicted octanol–water partition coefficient (Wildman–Crippen LogP) is 3.36. The highest BCUT2D eigenvalue weighted by Gasteiger charge is 2.61. The lowest BCUT2D eigenvalue weighted by Crippen LogP contribution is -2.61. The molecule has 2 bridgehead atoms. The lowest BCUT2D eigenvalue weighted by atomic mass is 10.0. The number of nitrogens with zero attached hydrogens (tertiary/aromatic N) is 3. The number of hydrogen-bond acceptors (Lipinski definition) is 6. The summed E-state index contributed by atoms with van der Waals surface area (Å²) in [7, 11) is -4.28. The van der Waals surface area contributed by atoms with Crippen molar-refractivity contribution in [2.45, 2.75) is 86.5 Å². The van der Waals surface area contributed by atoms with Gasteiger partial charge in [-0.05, 0) is 56.7 Å². The summed E-state index contributed by atoms with van der Waals surface area (Å²) in [6, 6.07) is 1.59. The van der Waals surface area contributed by atoms with E-state index < -0.39 is 50.3 Å². The second kappa shape index (κ2) is 9.43. The standard InChI is InChI=1S/C26H35F2N3O5S/c1-2-7-29-13-21-12-20(29)14-30(21)25(32)36-26(5-6-26)24-16-35-15-22(8-17-3-4-17)31(24)37(33,34)23-10-18(27)9-19(28)11-23/h9-11,17,20-22,24H,2-8,12-16H2,1H3/t20?,21?,22-,24-/m1/s1. The molecule has 3 aliphatic heterocycles. The minimum Gasteiger partial charge on any atom is -0.441 e. The molecule has 0 aromatic heterocycles. The zero-order chi connectivity index (χ0) is 25.9. The molecule has 204 valence electrons. The maximum absolute atomic E-state index is 14.1. The van der Waals surface area contributed by atoms with Crippen molar-refractivity contribution in [3.8, 4) is 0 Å². The van der Waals surface area contributed by atoms with Crippen molar-refractivity contribution in [3.05, 3.63) is 29.8 Å². The van der Waals surface area contributed by atoms with E-state index in [2.05, 4.69) is 11.8 Å². The number of piperazine rings is 1. The first-order valence-corrected chi connectivity index (χ1v) is 15.0. The van der Waals surface area contributed by atoms with E-state index in [4.69, 9.17) is 9.47 Å². The fourth-order valence-corrected chi connectivity index (χ4v) is 8.46. The van der Waals surface area contributed by atoms with Crippen molar-refractivity contribution in [2.24, 2.45) is 5.92 Å². The Kier molecular flexibility index (Phi) is 6.49. The van der Waals surface area contributed by atoms with Gasteiger partial charge in [-0.1, -0.05) is 19.8 Å². The zero-order valence-electron chi connectivity index (χ0n) is 21.2. The minimum atomic E-state index is -4.28. The van der Waals surface area contributed by atoms with Crippen molar-refractivity contribution in [1.82, 2.24) is 14.1 Å². The van der Waals surface area contributed by atoms with Gasteiger partial charge in [-0.2, -0.15) is 4.31 Å². The van der Waals surface area contributed by atoms with Gasteiger partial charge in [-0.25, -0.2) is 22.0 Å². The van der Waals surface area contributed by atoms with Crippen LogP contribution in [-0.4, -0.2) is 91.2 Å². The normalized spacial score (nSPS) is 31.6. The summed E-state index contributed by atoms with van der Waals surface area (Å²) in [5, 5.41) is 0. The first-order valence-electron chi connectivity index (χ1n) is 13.5. The average Bonchev–Trinajstić information content (AvgIpc) is 3.75. The summed E-state index contributed by atoms with van der Waals surface area (Å²) >= 11 is 0. The van der Waals surface area contributed by atoms with Crippen LogP contribution in [0, 0.1) is 17.6 Å². The number of fused-ring (bicyclic) bond motifs is 2. The molecule has 37 heavy (non-hydrogen) atoms. The molecular formula is C26H35F2N3O5S. The van der Waals surface area contributed by atoms with Crippen LogP contribution in [0.3, 0.4) is 0 Å². The number of sulfonamides is 1. The Balaban J connectivity index is 1.25. The molecule has 4 atom stereocenters. The van der Waals surface area contributed by atoms with Crippen LogP contribution < -0.4 is 0 Å². The van der Waals surface area contributed by atoms with Gasteiger partial charge in [0.15, 0.2) is 0 Å². The van der Waals surface area contributed by atoms with Crippen LogP contribution in [0.4, 0.5) is 13.6 Å². The number of likely N-dealkylation sites (tertiary alicyclic amines) is 2. The van der Waals surface area contributed by atoms with Crippen LogP contribution in [0.15, 0.2) is 23.1 Å². The van der Waals surface area contributed by atoms with Crippen molar-refractivity contribution in [2.75, 3.05) is 32.8 Å². The Morgan fingerprint density at radius 1 is 1.11 bits per heavy atom. The average molecular weight is 540 g/mol. The van der Waals surface area contributed by atoms with Gasteiger partial charge in [0.05, 0.1) is 24.2 Å². The number of benzene rings is 1. The highest BCUT2D eigenvalue weighted by molar-refractivity contribution is 7.89. The number of amides is 1. The number of carbonyl (C=O) groups excluding carboxylic acids is 1. The van der Waals surface area contributed by atoms with Crippen LogP contribution in [0.5, 0.6) is 0 Å². The maximum Gasteiger partial charge on any atom is 0.410 e. The van der Waals surface area contributed by atoms with E-state index in [0.717, 1.165) is 50.9 Å². The third kappa shape index (κ3) is 4.77. The van der Waals surface area contributed by atoms with Gasteiger partial charge in [0.25, 0.3) is 0 Å². The van der Waals surface area contributed by atoms with E-state index in [-0.39, 0.29) is 19.3 Å². The monoisotopic (exact) mass is 539 g/mol. The molecular weight excluding hydrogens is 504 g/mol. The van der Waals surface area contributed by atoms with E-state index in [9.17, 15) is 22.0 Å². The smallest absolute Gasteiger partial charge is 0.410 e. The fourth-order valence-electron chi connectivity index (χ4n) is 6.57. The van der Waals surface area contributed by atoms with Crippen molar-refractivity contribution >= 4 is 16.1 Å². The Morgan fingerprint density at radius 3 is 2.43 bits per heavy atom. The molecule has 1 aromatic rings. The molecule has 2 saturated carbocycles. The number of carbonyl (C=O) groups is 1. The SMILES string of the molecule is CCCN1CC2CC1CN2C(=O)OC1([C@H]2COC[C@@H](CC3CC3)N2S(=O)(=O)c2cc(F)cc(F)c2)CC1. The molecule has 8 nitrogen and oxygen atoms in total. The van der Waals surface area contributed by atoms with Gasteiger partial charge >= 0.3 is 6.09 Å². The number of halogens is 2. The van der Waals surface area contributed by atoms with Crippen LogP contribution in [-0.2, 0) is 19.5 Å². The summed E-state index contributed by atoms with van der Waals surface area (Å²) in [6.07, 6.45) is 5.31. The first-order chi connectivity index (χ1) is 17.7. The quantitative estimate of drug-likeness (QED) is 0.504. The van der Waals surface area contributed by atoms with Gasteiger partial charge in [-0.3, -0.25) is 4.90 Å². The van der Waals surface area contributed by atoms with Gasteiger partial charge in [-0.15, -0.1) is 0 Å². The van der Waals surface area contributed by atoms with Crippen LogP contribution in [0.25, 0.3) is 0 Å². The molecule has 6 rings (SSSR count). The molecule has 3 heterocycles. The van der Waals surface area contributed by atoms with Crippen LogP contribution in [0.2, 0.25) is 0 Å². The van der Waals surface area contributed by atoms with E-state index >= 15 is 0 Å². The molecule has 0 N–H and O–H groups in total. The molecule has 5 aliphatic rings. The number of morpholine rings is 1. The molecule has 2 aliphatic carbocycles. The van der Waals surface area contributed by atoms with Crippen molar-refractivity contribution in [3.63, 3.8) is 0 Å². The first kappa shape index (κ1) is 25.5. The van der Waals surface area contributed by atoms with Gasteiger partial charge in [0.2, 0.25) is 10.0 Å². The number of hydrogen-bond donors (Lipinski definition) is 0. The van der Waals surface area contributed by atoms with E-state index in [0.29, 0.717) is 43.8 Å². The van der Waals surface area contributed by atoms with E-state index in [1.807, 2.05) is 0 Å². The summed E-state index contributed by atoms with van der Waals surface area (Å²) in [6.45, 7) is 4.90. The van der Waals surface area contributed by atoms with Crippen molar-refractivity contribution in [1.29, 1.82) is 0 Å². The third-order valence-corrected chi connectivity index (χ3v) is 10.6. The lowest BCUT2D eigenvalue weighted by molar-refractivity contribution is -0.0751. The van der Waals surface area contributed by atoms with Crippen LogP contribution in [0.1, 0.15) is 51.9 Å².